The van der Waals surface area contributed by atoms with Gasteiger partial charge in [0, 0.05) is 6.42 Å². The van der Waals surface area contributed by atoms with E-state index in [1.165, 1.54) is 89.9 Å². The summed E-state index contributed by atoms with van der Waals surface area (Å²) in [6, 6.07) is -0.905. The zero-order chi connectivity index (χ0) is 56.3. The number of rotatable bonds is 55. The van der Waals surface area contributed by atoms with E-state index >= 15 is 0 Å². The van der Waals surface area contributed by atoms with Crippen LogP contribution in [-0.4, -0.2) is 68.5 Å². The first kappa shape index (κ1) is 73.6. The van der Waals surface area contributed by atoms with E-state index in [-0.39, 0.29) is 12.5 Å². The third kappa shape index (κ3) is 60.1. The van der Waals surface area contributed by atoms with E-state index in [1.807, 2.05) is 27.2 Å². The van der Waals surface area contributed by atoms with Crippen molar-refractivity contribution in [2.24, 2.45) is 0 Å². The fraction of sp³-hybridized carbons (Fsp3) is 0.662. The average Bonchev–Trinajstić information content (AvgIpc) is 3.39. The van der Waals surface area contributed by atoms with Crippen molar-refractivity contribution in [2.45, 2.75) is 251 Å². The van der Waals surface area contributed by atoms with Gasteiger partial charge in [-0.2, -0.15) is 0 Å². The summed E-state index contributed by atoms with van der Waals surface area (Å²) in [6.45, 7) is 4.52. The van der Waals surface area contributed by atoms with Gasteiger partial charge in [-0.1, -0.05) is 270 Å². The number of likely N-dealkylation sites (N-methyl/N-ethyl adjacent to an activating group) is 1. The minimum absolute atomic E-state index is 0.0107. The molecule has 3 unspecified atom stereocenters. The van der Waals surface area contributed by atoms with Gasteiger partial charge in [-0.3, -0.25) is 9.36 Å². The molecular weight excluding hydrogens is 972 g/mol. The van der Waals surface area contributed by atoms with E-state index in [0.29, 0.717) is 17.4 Å². The Morgan fingerprint density at radius 2 is 0.792 bits per heavy atom. The summed E-state index contributed by atoms with van der Waals surface area (Å²) in [4.78, 5) is 25.5. The number of nitrogens with zero attached hydrogens (tertiary/aromatic N) is 1. The number of amides is 1. The van der Waals surface area contributed by atoms with Gasteiger partial charge in [0.25, 0.3) is 7.82 Å². The normalized spacial score (nSPS) is 14.7. The minimum atomic E-state index is -4.61. The van der Waals surface area contributed by atoms with Crippen LogP contribution in [0.5, 0.6) is 0 Å². The van der Waals surface area contributed by atoms with Crippen molar-refractivity contribution in [3.05, 3.63) is 134 Å². The van der Waals surface area contributed by atoms with Gasteiger partial charge in [0.2, 0.25) is 5.91 Å². The number of nitrogens with one attached hydrogen (secondary N) is 1. The molecule has 9 heteroatoms. The Labute approximate surface area is 475 Å². The Balaban J connectivity index is 4.22. The van der Waals surface area contributed by atoms with Gasteiger partial charge in [-0.25, -0.2) is 0 Å². The highest BCUT2D eigenvalue weighted by atomic mass is 31.2. The number of quaternary nitrogens is 1. The molecule has 0 aliphatic rings. The quantitative estimate of drug-likeness (QED) is 0.0272. The molecule has 0 aromatic heterocycles. The van der Waals surface area contributed by atoms with Crippen LogP contribution in [0.2, 0.25) is 0 Å². The first-order chi connectivity index (χ1) is 37.5. The van der Waals surface area contributed by atoms with Gasteiger partial charge in [-0.15, -0.1) is 0 Å². The van der Waals surface area contributed by atoms with Crippen LogP contribution in [0.25, 0.3) is 0 Å². The molecular formula is C68H117N2O6P. The molecule has 0 aromatic rings. The molecule has 0 aliphatic heterocycles. The summed E-state index contributed by atoms with van der Waals surface area (Å²) < 4.78 is 23.4. The van der Waals surface area contributed by atoms with Crippen LogP contribution in [0, 0.1) is 0 Å². The van der Waals surface area contributed by atoms with Gasteiger partial charge >= 0.3 is 0 Å². The first-order valence-corrected chi connectivity index (χ1v) is 32.5. The molecule has 0 aromatic carbocycles. The molecule has 3 atom stereocenters. The minimum Gasteiger partial charge on any atom is -0.756 e. The topological polar surface area (TPSA) is 108 Å². The third-order valence-electron chi connectivity index (χ3n) is 13.1. The smallest absolute Gasteiger partial charge is 0.268 e. The third-order valence-corrected chi connectivity index (χ3v) is 14.1. The van der Waals surface area contributed by atoms with Crippen molar-refractivity contribution in [3.63, 3.8) is 0 Å². The Morgan fingerprint density at radius 1 is 0.468 bits per heavy atom. The summed E-state index contributed by atoms with van der Waals surface area (Å²) in [6.07, 6.45) is 86.7. The molecule has 0 rings (SSSR count). The van der Waals surface area contributed by atoms with Crippen LogP contribution in [0.15, 0.2) is 134 Å². The Bertz CT molecular complexity index is 1710. The number of carbonyl (C=O) groups is 1. The molecule has 0 aliphatic carbocycles. The Kier molecular flexibility index (Phi) is 54.8. The number of carbonyl (C=O) groups excluding carboxylic acids is 1. The monoisotopic (exact) mass is 1090 g/mol. The second kappa shape index (κ2) is 57.3. The van der Waals surface area contributed by atoms with Crippen LogP contribution in [0.1, 0.15) is 239 Å². The van der Waals surface area contributed by atoms with Gasteiger partial charge in [0.05, 0.1) is 39.9 Å². The molecule has 0 bridgehead atoms. The molecule has 0 heterocycles. The highest BCUT2D eigenvalue weighted by Crippen LogP contribution is 2.38. The number of aliphatic hydroxyl groups excluding tert-OH is 1. The van der Waals surface area contributed by atoms with E-state index in [1.54, 1.807) is 6.08 Å². The second-order valence-corrected chi connectivity index (χ2v) is 23.1. The Hall–Kier alpha value is -3.36. The van der Waals surface area contributed by atoms with Crippen molar-refractivity contribution < 1.29 is 32.9 Å². The predicted molar refractivity (Wildman–Crippen MR) is 334 cm³/mol. The van der Waals surface area contributed by atoms with E-state index in [9.17, 15) is 19.4 Å². The lowest BCUT2D eigenvalue weighted by atomic mass is 10.0. The highest BCUT2D eigenvalue weighted by Gasteiger charge is 2.23. The van der Waals surface area contributed by atoms with Crippen molar-refractivity contribution in [2.75, 3.05) is 40.9 Å². The van der Waals surface area contributed by atoms with Crippen molar-refractivity contribution >= 4 is 13.7 Å². The highest BCUT2D eigenvalue weighted by molar-refractivity contribution is 7.45. The molecule has 440 valence electrons. The number of aliphatic hydroxyl groups is 1. The van der Waals surface area contributed by atoms with E-state index in [4.69, 9.17) is 9.05 Å². The maximum absolute atomic E-state index is 13.0. The van der Waals surface area contributed by atoms with Crippen LogP contribution in [0.4, 0.5) is 0 Å². The van der Waals surface area contributed by atoms with Crippen molar-refractivity contribution in [1.82, 2.24) is 5.32 Å². The first-order valence-electron chi connectivity index (χ1n) is 31.0. The van der Waals surface area contributed by atoms with Crippen molar-refractivity contribution in [1.29, 1.82) is 0 Å². The van der Waals surface area contributed by atoms with Gasteiger partial charge in [0.1, 0.15) is 13.2 Å². The zero-order valence-corrected chi connectivity index (χ0v) is 51.0. The summed E-state index contributed by atoms with van der Waals surface area (Å²) >= 11 is 0. The van der Waals surface area contributed by atoms with E-state index in [0.717, 1.165) is 128 Å². The standard InChI is InChI=1S/C68H117N2O6P/c1-6-8-10-12-14-16-18-20-22-24-26-27-28-29-30-31-32-33-34-35-36-37-38-39-40-41-42-43-44-46-48-50-52-54-56-58-60-62-68(72)69-66(65-76-77(73,74)75-64-63-70(3,4)5)67(71)61-59-57-55-53-51-49-47-45-25-23-21-19-17-15-13-11-9-7-2/h8,10,14,16,20,22,26-27,29-30,32-33,35-36,38-39,41-42,44,46,59,61,66-67,71H,6-7,9,11-13,15,17-19,21,23-25,28,31,34,37,40,43,45,47-58,60,62-65H2,1-5H3,(H-,69,72,73,74)/b10-8-,16-14-,22-20-,27-26-,30-29-,33-32-,36-35-,39-38-,42-41-,46-44-,61-59+. The van der Waals surface area contributed by atoms with E-state index in [2.05, 4.69) is 141 Å². The second-order valence-electron chi connectivity index (χ2n) is 21.7. The number of hydrogen-bond acceptors (Lipinski definition) is 6. The number of phosphoric ester groups is 1. The molecule has 8 nitrogen and oxygen atoms in total. The molecule has 0 saturated heterocycles. The Morgan fingerprint density at radius 3 is 1.16 bits per heavy atom. The summed E-state index contributed by atoms with van der Waals surface area (Å²) in [5.41, 5.74) is 0. The molecule has 0 spiro atoms. The molecule has 2 N–H and O–H groups in total. The molecule has 77 heavy (non-hydrogen) atoms. The van der Waals surface area contributed by atoms with Crippen LogP contribution in [-0.2, 0) is 18.4 Å². The lowest BCUT2D eigenvalue weighted by Gasteiger charge is -2.29. The molecule has 0 radical (unpaired) electrons. The lowest BCUT2D eigenvalue weighted by Crippen LogP contribution is -2.45. The average molecular weight is 1090 g/mol. The van der Waals surface area contributed by atoms with Gasteiger partial charge in [-0.05, 0) is 96.3 Å². The number of unbranched alkanes of at least 4 members (excludes halogenated alkanes) is 22. The predicted octanol–water partition coefficient (Wildman–Crippen LogP) is 18.9. The maximum Gasteiger partial charge on any atom is 0.268 e. The van der Waals surface area contributed by atoms with E-state index < -0.39 is 26.6 Å². The summed E-state index contributed by atoms with van der Waals surface area (Å²) in [7, 11) is 1.23. The van der Waals surface area contributed by atoms with Crippen LogP contribution in [0.3, 0.4) is 0 Å². The maximum atomic E-state index is 13.0. The zero-order valence-electron chi connectivity index (χ0n) is 50.1. The molecule has 0 fully saturated rings. The number of allylic oxidation sites excluding steroid dienone is 21. The van der Waals surface area contributed by atoms with Crippen molar-refractivity contribution in [3.8, 4) is 0 Å². The summed E-state index contributed by atoms with van der Waals surface area (Å²) in [5.74, 6) is -0.216. The van der Waals surface area contributed by atoms with Gasteiger partial charge in [0.15, 0.2) is 0 Å². The van der Waals surface area contributed by atoms with Crippen LogP contribution < -0.4 is 10.2 Å². The lowest BCUT2D eigenvalue weighted by molar-refractivity contribution is -0.870. The van der Waals surface area contributed by atoms with Crippen LogP contribution >= 0.6 is 7.82 Å². The number of phosphoric acid groups is 1. The van der Waals surface area contributed by atoms with Gasteiger partial charge < -0.3 is 28.8 Å². The SMILES string of the molecule is CC/C=C\C/C=C\C/C=C\C/C=C\C/C=C\C/C=C\C/C=C\C/C=C\C/C=C\C/C=C\CCCCCCCCC(=O)NC(COP(=O)([O-])OCC[N+](C)(C)C)C(O)/C=C/CCCCCCCCCCCCCCCCCC. The fourth-order valence-corrected chi connectivity index (χ4v) is 9.02. The summed E-state index contributed by atoms with van der Waals surface area (Å²) in [5, 5.41) is 13.9. The molecule has 1 amide bonds. The molecule has 0 saturated carbocycles. The fourth-order valence-electron chi connectivity index (χ4n) is 8.30. The number of hydrogen-bond donors (Lipinski definition) is 2. The largest absolute Gasteiger partial charge is 0.756 e.